The average molecular weight is 209 g/mol. The zero-order valence-corrected chi connectivity index (χ0v) is 8.56. The maximum Gasteiger partial charge on any atom is 0.129 e. The molecule has 1 atom stereocenters. The molecule has 0 spiro atoms. The van der Waals surface area contributed by atoms with Crippen LogP contribution in [0.5, 0.6) is 0 Å². The van der Waals surface area contributed by atoms with Gasteiger partial charge in [0.15, 0.2) is 0 Å². The van der Waals surface area contributed by atoms with Gasteiger partial charge in [-0.15, -0.1) is 12.3 Å². The number of benzene rings is 1. The molecule has 1 aromatic carbocycles. The Balaban J connectivity index is 2.83. The molecule has 0 aliphatic heterocycles. The highest BCUT2D eigenvalue weighted by atomic mass is 19.1. The quantitative estimate of drug-likeness (QED) is 0.749. The summed E-state index contributed by atoms with van der Waals surface area (Å²) < 4.78 is 26.5. The van der Waals surface area contributed by atoms with Crippen molar-refractivity contribution < 1.29 is 8.78 Å². The molecule has 0 aliphatic rings. The van der Waals surface area contributed by atoms with Crippen LogP contribution in [0.2, 0.25) is 0 Å². The van der Waals surface area contributed by atoms with Crippen molar-refractivity contribution in [1.82, 2.24) is 5.32 Å². The highest BCUT2D eigenvalue weighted by molar-refractivity contribution is 5.21. The van der Waals surface area contributed by atoms with Crippen LogP contribution in [-0.2, 0) is 6.42 Å². The zero-order valence-electron chi connectivity index (χ0n) is 8.56. The predicted molar refractivity (Wildman–Crippen MR) is 56.4 cm³/mol. The lowest BCUT2D eigenvalue weighted by Crippen LogP contribution is -2.27. The second kappa shape index (κ2) is 5.47. The first kappa shape index (κ1) is 11.7. The number of nitrogens with one attached hydrogen (secondary N) is 1. The number of hydrogen-bond donors (Lipinski definition) is 1. The second-order valence-electron chi connectivity index (χ2n) is 3.30. The minimum Gasteiger partial charge on any atom is -0.316 e. The van der Waals surface area contributed by atoms with Crippen LogP contribution < -0.4 is 5.32 Å². The SMILES string of the molecule is C#CCC(Cc1c(F)cccc1F)NC. The van der Waals surface area contributed by atoms with E-state index in [0.29, 0.717) is 6.42 Å². The van der Waals surface area contributed by atoms with E-state index in [1.54, 1.807) is 7.05 Å². The van der Waals surface area contributed by atoms with Crippen LogP contribution in [0.1, 0.15) is 12.0 Å². The summed E-state index contributed by atoms with van der Waals surface area (Å²) in [5, 5.41) is 2.93. The molecule has 0 saturated heterocycles. The van der Waals surface area contributed by atoms with E-state index in [1.165, 1.54) is 18.2 Å². The van der Waals surface area contributed by atoms with Crippen LogP contribution in [0.4, 0.5) is 8.78 Å². The van der Waals surface area contributed by atoms with Crippen molar-refractivity contribution in [1.29, 1.82) is 0 Å². The fraction of sp³-hybridized carbons (Fsp3) is 0.333. The molecular formula is C12H13F2N. The zero-order chi connectivity index (χ0) is 11.3. The molecule has 80 valence electrons. The molecule has 0 saturated carbocycles. The molecule has 0 aromatic heterocycles. The van der Waals surface area contributed by atoms with E-state index in [2.05, 4.69) is 11.2 Å². The lowest BCUT2D eigenvalue weighted by Gasteiger charge is -2.14. The first-order chi connectivity index (χ1) is 7.19. The highest BCUT2D eigenvalue weighted by Gasteiger charge is 2.13. The third-order valence-corrected chi connectivity index (χ3v) is 2.28. The van der Waals surface area contributed by atoms with Gasteiger partial charge in [-0.3, -0.25) is 0 Å². The van der Waals surface area contributed by atoms with E-state index in [4.69, 9.17) is 6.42 Å². The molecule has 3 heteroatoms. The molecule has 1 N–H and O–H groups in total. The molecule has 0 radical (unpaired) electrons. The van der Waals surface area contributed by atoms with Gasteiger partial charge in [0, 0.05) is 18.0 Å². The molecule has 1 rings (SSSR count). The van der Waals surface area contributed by atoms with Gasteiger partial charge in [0.25, 0.3) is 0 Å². The third kappa shape index (κ3) is 3.03. The Hall–Kier alpha value is -1.40. The van der Waals surface area contributed by atoms with Gasteiger partial charge in [-0.25, -0.2) is 8.78 Å². The van der Waals surface area contributed by atoms with E-state index in [-0.39, 0.29) is 18.0 Å². The Bertz CT molecular complexity index is 348. The molecule has 0 aliphatic carbocycles. The summed E-state index contributed by atoms with van der Waals surface area (Å²) in [5.41, 5.74) is 0.0899. The third-order valence-electron chi connectivity index (χ3n) is 2.28. The Kier molecular flexibility index (Phi) is 4.26. The fourth-order valence-corrected chi connectivity index (χ4v) is 1.39. The summed E-state index contributed by atoms with van der Waals surface area (Å²) in [4.78, 5) is 0. The van der Waals surface area contributed by atoms with Crippen molar-refractivity contribution in [3.63, 3.8) is 0 Å². The fourth-order valence-electron chi connectivity index (χ4n) is 1.39. The topological polar surface area (TPSA) is 12.0 Å². The van der Waals surface area contributed by atoms with Crippen molar-refractivity contribution >= 4 is 0 Å². The summed E-state index contributed by atoms with van der Waals surface area (Å²) in [5.74, 6) is 1.43. The number of likely N-dealkylation sites (N-methyl/N-ethyl adjacent to an activating group) is 1. The summed E-state index contributed by atoms with van der Waals surface area (Å²) in [7, 11) is 1.72. The Morgan fingerprint density at radius 2 is 2.00 bits per heavy atom. The van der Waals surface area contributed by atoms with Gasteiger partial charge in [0.2, 0.25) is 0 Å². The summed E-state index contributed by atoms with van der Waals surface area (Å²) in [6.07, 6.45) is 5.87. The second-order valence-corrected chi connectivity index (χ2v) is 3.30. The maximum atomic E-state index is 13.3. The summed E-state index contributed by atoms with van der Waals surface area (Å²) in [6.45, 7) is 0. The minimum atomic E-state index is -0.521. The van der Waals surface area contributed by atoms with Gasteiger partial charge in [-0.05, 0) is 25.6 Å². The first-order valence-corrected chi connectivity index (χ1v) is 4.72. The Labute approximate surface area is 88.5 Å². The molecular weight excluding hydrogens is 196 g/mol. The van der Waals surface area contributed by atoms with Crippen LogP contribution in [0.3, 0.4) is 0 Å². The molecule has 0 bridgehead atoms. The number of hydrogen-bond acceptors (Lipinski definition) is 1. The van der Waals surface area contributed by atoms with Crippen molar-refractivity contribution in [2.45, 2.75) is 18.9 Å². The van der Waals surface area contributed by atoms with E-state index in [1.807, 2.05) is 0 Å². The maximum absolute atomic E-state index is 13.3. The standard InChI is InChI=1S/C12H13F2N/c1-3-5-9(15-2)8-10-11(13)6-4-7-12(10)14/h1,4,6-7,9,15H,5,8H2,2H3. The molecule has 0 amide bonds. The average Bonchev–Trinajstić information content (AvgIpc) is 2.22. The van der Waals surface area contributed by atoms with E-state index in [9.17, 15) is 8.78 Å². The molecule has 1 unspecified atom stereocenters. The van der Waals surface area contributed by atoms with Gasteiger partial charge < -0.3 is 5.32 Å². The lowest BCUT2D eigenvalue weighted by molar-refractivity contribution is 0.509. The van der Waals surface area contributed by atoms with Crippen LogP contribution >= 0.6 is 0 Å². The van der Waals surface area contributed by atoms with Crippen LogP contribution in [0, 0.1) is 24.0 Å². The van der Waals surface area contributed by atoms with Crippen molar-refractivity contribution in [3.8, 4) is 12.3 Å². The monoisotopic (exact) mass is 209 g/mol. The Morgan fingerprint density at radius 3 is 2.47 bits per heavy atom. The van der Waals surface area contributed by atoms with Crippen LogP contribution in [-0.4, -0.2) is 13.1 Å². The van der Waals surface area contributed by atoms with E-state index in [0.717, 1.165) is 0 Å². The van der Waals surface area contributed by atoms with Gasteiger partial charge in [0.05, 0.1) is 0 Å². The molecule has 1 aromatic rings. The highest BCUT2D eigenvalue weighted by Crippen LogP contribution is 2.14. The smallest absolute Gasteiger partial charge is 0.129 e. The van der Waals surface area contributed by atoms with Gasteiger partial charge in [-0.1, -0.05) is 6.07 Å². The minimum absolute atomic E-state index is 0.0899. The van der Waals surface area contributed by atoms with E-state index < -0.39 is 11.6 Å². The lowest BCUT2D eigenvalue weighted by atomic mass is 10.0. The predicted octanol–water partition coefficient (Wildman–Crippen LogP) is 2.12. The van der Waals surface area contributed by atoms with Gasteiger partial charge in [0.1, 0.15) is 11.6 Å². The summed E-state index contributed by atoms with van der Waals surface area (Å²) >= 11 is 0. The largest absolute Gasteiger partial charge is 0.316 e. The van der Waals surface area contributed by atoms with Crippen molar-refractivity contribution in [2.75, 3.05) is 7.05 Å². The van der Waals surface area contributed by atoms with Crippen LogP contribution in [0.25, 0.3) is 0 Å². The number of halogens is 2. The normalized spacial score (nSPS) is 12.1. The Morgan fingerprint density at radius 1 is 1.40 bits per heavy atom. The van der Waals surface area contributed by atoms with Gasteiger partial charge in [-0.2, -0.15) is 0 Å². The van der Waals surface area contributed by atoms with Crippen molar-refractivity contribution in [3.05, 3.63) is 35.4 Å². The molecule has 15 heavy (non-hydrogen) atoms. The number of terminal acetylenes is 1. The van der Waals surface area contributed by atoms with Gasteiger partial charge >= 0.3 is 0 Å². The van der Waals surface area contributed by atoms with Crippen LogP contribution in [0.15, 0.2) is 18.2 Å². The first-order valence-electron chi connectivity index (χ1n) is 4.72. The summed E-state index contributed by atoms with van der Waals surface area (Å²) in [6, 6.07) is 3.76. The van der Waals surface area contributed by atoms with Crippen molar-refractivity contribution in [2.24, 2.45) is 0 Å². The molecule has 0 fully saturated rings. The molecule has 1 nitrogen and oxygen atoms in total. The van der Waals surface area contributed by atoms with E-state index >= 15 is 0 Å². The number of rotatable bonds is 4. The molecule has 0 heterocycles.